The fourth-order valence-electron chi connectivity index (χ4n) is 1.69. The smallest absolute Gasteiger partial charge is 0.312 e. The van der Waals surface area contributed by atoms with Crippen LogP contribution in [0.25, 0.3) is 0 Å². The van der Waals surface area contributed by atoms with E-state index < -0.39 is 14.9 Å². The zero-order chi connectivity index (χ0) is 14.6. The summed E-state index contributed by atoms with van der Waals surface area (Å²) in [7, 11) is -2.42. The predicted octanol–water partition coefficient (Wildman–Crippen LogP) is 1.63. The van der Waals surface area contributed by atoms with Gasteiger partial charge in [-0.2, -0.15) is 4.31 Å². The molecule has 0 radical (unpaired) electrons. The number of sulfonamides is 1. The summed E-state index contributed by atoms with van der Waals surface area (Å²) >= 11 is 0. The number of nitro groups is 1. The van der Waals surface area contributed by atoms with Crippen molar-refractivity contribution < 1.29 is 18.1 Å². The lowest BCUT2D eigenvalue weighted by molar-refractivity contribution is -0.386. The van der Waals surface area contributed by atoms with Crippen molar-refractivity contribution in [2.75, 3.05) is 20.2 Å². The molecule has 0 aromatic heterocycles. The molecular weight excluding hydrogens is 272 g/mol. The Bertz CT molecular complexity index is 566. The molecule has 1 aromatic rings. The van der Waals surface area contributed by atoms with Crippen LogP contribution in [0.3, 0.4) is 0 Å². The Morgan fingerprint density at radius 1 is 1.32 bits per heavy atom. The summed E-state index contributed by atoms with van der Waals surface area (Å²) in [5, 5.41) is 10.9. The van der Waals surface area contributed by atoms with Crippen molar-refractivity contribution in [3.05, 3.63) is 28.3 Å². The molecule has 0 bridgehead atoms. The van der Waals surface area contributed by atoms with E-state index in [1.165, 1.54) is 23.5 Å². The van der Waals surface area contributed by atoms with Crippen LogP contribution in [0, 0.1) is 10.1 Å². The van der Waals surface area contributed by atoms with Gasteiger partial charge in [-0.3, -0.25) is 10.1 Å². The number of nitrogens with zero attached hydrogens (tertiary/aromatic N) is 2. The summed E-state index contributed by atoms with van der Waals surface area (Å²) in [5.41, 5.74) is -0.365. The number of nitro benzene ring substituents is 1. The maximum atomic E-state index is 12.2. The third-order valence-corrected chi connectivity index (χ3v) is 4.74. The average Bonchev–Trinajstić information content (AvgIpc) is 2.38. The second-order valence-electron chi connectivity index (χ2n) is 3.68. The van der Waals surface area contributed by atoms with Crippen LogP contribution in [-0.4, -0.2) is 37.8 Å². The van der Waals surface area contributed by atoms with Crippen molar-refractivity contribution in [2.45, 2.75) is 18.7 Å². The van der Waals surface area contributed by atoms with Crippen LogP contribution >= 0.6 is 0 Å². The fraction of sp³-hybridized carbons (Fsp3) is 0.455. The first-order chi connectivity index (χ1) is 8.88. The molecular formula is C11H16N2O5S. The second kappa shape index (κ2) is 5.98. The number of ether oxygens (including phenoxy) is 1. The molecule has 0 saturated heterocycles. The summed E-state index contributed by atoms with van der Waals surface area (Å²) in [6.07, 6.45) is 0. The summed E-state index contributed by atoms with van der Waals surface area (Å²) < 4.78 is 30.5. The molecule has 106 valence electrons. The van der Waals surface area contributed by atoms with Gasteiger partial charge in [0.15, 0.2) is 5.75 Å². The highest BCUT2D eigenvalue weighted by atomic mass is 32.2. The normalized spacial score (nSPS) is 11.6. The van der Waals surface area contributed by atoms with Gasteiger partial charge in [0.2, 0.25) is 10.0 Å². The zero-order valence-corrected chi connectivity index (χ0v) is 11.8. The van der Waals surface area contributed by atoms with Crippen molar-refractivity contribution >= 4 is 15.7 Å². The summed E-state index contributed by atoms with van der Waals surface area (Å²) in [5.74, 6) is 0.0310. The monoisotopic (exact) mass is 288 g/mol. The summed E-state index contributed by atoms with van der Waals surface area (Å²) in [6.45, 7) is 4.02. The van der Waals surface area contributed by atoms with E-state index in [1.807, 2.05) is 0 Å². The first-order valence-corrected chi connectivity index (χ1v) is 7.15. The first-order valence-electron chi connectivity index (χ1n) is 5.71. The summed E-state index contributed by atoms with van der Waals surface area (Å²) in [6, 6.07) is 3.61. The number of rotatable bonds is 6. The number of hydrogen-bond acceptors (Lipinski definition) is 5. The molecule has 0 aliphatic carbocycles. The molecule has 0 amide bonds. The molecule has 0 spiro atoms. The first kappa shape index (κ1) is 15.4. The molecule has 1 aromatic carbocycles. The largest absolute Gasteiger partial charge is 0.490 e. The Balaban J connectivity index is 3.37. The quantitative estimate of drug-likeness (QED) is 0.586. The molecule has 0 heterocycles. The molecule has 0 unspecified atom stereocenters. The van der Waals surface area contributed by atoms with Crippen LogP contribution in [0.1, 0.15) is 13.8 Å². The molecule has 1 rings (SSSR count). The Hall–Kier alpha value is -1.67. The number of benzene rings is 1. The van der Waals surface area contributed by atoms with E-state index in [1.54, 1.807) is 13.8 Å². The third kappa shape index (κ3) is 3.02. The van der Waals surface area contributed by atoms with Crippen LogP contribution in [0.15, 0.2) is 23.1 Å². The second-order valence-corrected chi connectivity index (χ2v) is 5.62. The van der Waals surface area contributed by atoms with E-state index in [4.69, 9.17) is 4.74 Å². The van der Waals surface area contributed by atoms with Gasteiger partial charge in [-0.15, -0.1) is 0 Å². The minimum Gasteiger partial charge on any atom is -0.490 e. The van der Waals surface area contributed by atoms with E-state index in [-0.39, 0.29) is 16.3 Å². The highest BCUT2D eigenvalue weighted by Gasteiger charge is 2.25. The van der Waals surface area contributed by atoms with Gasteiger partial charge in [0.25, 0.3) is 0 Å². The van der Waals surface area contributed by atoms with E-state index in [9.17, 15) is 18.5 Å². The van der Waals surface area contributed by atoms with Crippen LogP contribution in [-0.2, 0) is 10.0 Å². The lowest BCUT2D eigenvalue weighted by Gasteiger charge is -2.18. The van der Waals surface area contributed by atoms with E-state index >= 15 is 0 Å². The predicted molar refractivity (Wildman–Crippen MR) is 69.8 cm³/mol. The van der Waals surface area contributed by atoms with Gasteiger partial charge >= 0.3 is 5.69 Å². The minimum absolute atomic E-state index is 0.0310. The van der Waals surface area contributed by atoms with Crippen LogP contribution < -0.4 is 4.74 Å². The maximum absolute atomic E-state index is 12.2. The van der Waals surface area contributed by atoms with Crippen LogP contribution in [0.4, 0.5) is 5.69 Å². The number of hydrogen-bond donors (Lipinski definition) is 0. The highest BCUT2D eigenvalue weighted by molar-refractivity contribution is 7.89. The Morgan fingerprint density at radius 2 is 1.89 bits per heavy atom. The molecule has 0 fully saturated rings. The Morgan fingerprint density at radius 3 is 2.32 bits per heavy atom. The number of methoxy groups -OCH3 is 1. The zero-order valence-electron chi connectivity index (χ0n) is 11.0. The highest BCUT2D eigenvalue weighted by Crippen LogP contribution is 2.30. The Labute approximate surface area is 112 Å². The molecule has 0 aliphatic rings. The maximum Gasteiger partial charge on any atom is 0.312 e. The topological polar surface area (TPSA) is 89.8 Å². The van der Waals surface area contributed by atoms with E-state index in [0.717, 1.165) is 6.07 Å². The van der Waals surface area contributed by atoms with Crippen molar-refractivity contribution in [1.82, 2.24) is 4.31 Å². The van der Waals surface area contributed by atoms with Crippen LogP contribution in [0.5, 0.6) is 5.75 Å². The average molecular weight is 288 g/mol. The van der Waals surface area contributed by atoms with E-state index in [0.29, 0.717) is 13.1 Å². The molecule has 0 N–H and O–H groups in total. The van der Waals surface area contributed by atoms with Gasteiger partial charge in [0.1, 0.15) is 0 Å². The molecule has 0 atom stereocenters. The van der Waals surface area contributed by atoms with Gasteiger partial charge in [0, 0.05) is 19.2 Å². The van der Waals surface area contributed by atoms with Gasteiger partial charge in [-0.25, -0.2) is 8.42 Å². The molecule has 7 nitrogen and oxygen atoms in total. The third-order valence-electron chi connectivity index (χ3n) is 2.69. The van der Waals surface area contributed by atoms with Gasteiger partial charge in [-0.1, -0.05) is 13.8 Å². The molecule has 8 heteroatoms. The van der Waals surface area contributed by atoms with Gasteiger partial charge in [-0.05, 0) is 12.1 Å². The van der Waals surface area contributed by atoms with E-state index in [2.05, 4.69) is 0 Å². The SMILES string of the molecule is CCN(CC)S(=O)(=O)c1ccc(OC)c([N+](=O)[O-])c1. The van der Waals surface area contributed by atoms with Crippen molar-refractivity contribution in [3.8, 4) is 5.75 Å². The molecule has 0 saturated carbocycles. The molecule has 0 aliphatic heterocycles. The standard InChI is InChI=1S/C11H16N2O5S/c1-4-12(5-2)19(16,17)9-6-7-11(18-3)10(8-9)13(14)15/h6-8H,4-5H2,1-3H3. The van der Waals surface area contributed by atoms with Crippen molar-refractivity contribution in [1.29, 1.82) is 0 Å². The minimum atomic E-state index is -3.71. The van der Waals surface area contributed by atoms with Crippen molar-refractivity contribution in [3.63, 3.8) is 0 Å². The van der Waals surface area contributed by atoms with Crippen molar-refractivity contribution in [2.24, 2.45) is 0 Å². The van der Waals surface area contributed by atoms with Crippen LogP contribution in [0.2, 0.25) is 0 Å². The lowest BCUT2D eigenvalue weighted by atomic mass is 10.3. The molecule has 19 heavy (non-hydrogen) atoms. The van der Waals surface area contributed by atoms with Gasteiger partial charge < -0.3 is 4.74 Å². The van der Waals surface area contributed by atoms with Gasteiger partial charge in [0.05, 0.1) is 16.9 Å². The Kier molecular flexibility index (Phi) is 4.84. The lowest BCUT2D eigenvalue weighted by Crippen LogP contribution is -2.30. The summed E-state index contributed by atoms with van der Waals surface area (Å²) in [4.78, 5) is 10.1. The fourth-order valence-corrected chi connectivity index (χ4v) is 3.16.